The molecular formula is C13H17NO4S. The van der Waals surface area contributed by atoms with E-state index in [9.17, 15) is 9.59 Å². The van der Waals surface area contributed by atoms with Crippen molar-refractivity contribution >= 4 is 22.0 Å². The van der Waals surface area contributed by atoms with Crippen LogP contribution in [-0.4, -0.2) is 23.4 Å². The number of ether oxygens (including phenoxy) is 2. The second-order valence-electron chi connectivity index (χ2n) is 4.13. The van der Waals surface area contributed by atoms with Gasteiger partial charge < -0.3 is 14.8 Å². The van der Waals surface area contributed by atoms with E-state index in [-0.39, 0.29) is 12.3 Å². The van der Waals surface area contributed by atoms with Crippen molar-refractivity contribution in [2.45, 2.75) is 20.3 Å². The first-order valence-corrected chi connectivity index (χ1v) is 8.17. The van der Waals surface area contributed by atoms with Gasteiger partial charge in [0.05, 0.1) is 5.03 Å². The van der Waals surface area contributed by atoms with Crippen LogP contribution in [0.5, 0.6) is 0 Å². The molecule has 5 nitrogen and oxygen atoms in total. The van der Waals surface area contributed by atoms with Gasteiger partial charge in [-0.2, -0.15) is 10.0 Å². The van der Waals surface area contributed by atoms with Gasteiger partial charge in [0.1, 0.15) is 6.42 Å². The topological polar surface area (TPSA) is 64.6 Å². The third-order valence-electron chi connectivity index (χ3n) is 3.11. The second-order valence-corrected chi connectivity index (χ2v) is 7.88. The van der Waals surface area contributed by atoms with Gasteiger partial charge in [-0.05, 0) is 23.0 Å². The lowest BCUT2D eigenvalue weighted by Gasteiger charge is -2.35. The summed E-state index contributed by atoms with van der Waals surface area (Å²) < 4.78 is 9.82. The molecule has 0 aromatic heterocycles. The maximum atomic E-state index is 11.3. The monoisotopic (exact) mass is 283 g/mol. The van der Waals surface area contributed by atoms with Crippen molar-refractivity contribution in [3.63, 3.8) is 0 Å². The van der Waals surface area contributed by atoms with Crippen molar-refractivity contribution in [1.82, 2.24) is 5.32 Å². The van der Waals surface area contributed by atoms with Crippen molar-refractivity contribution in [3.8, 4) is 0 Å². The molecule has 0 radical (unpaired) electrons. The molecule has 19 heavy (non-hydrogen) atoms. The van der Waals surface area contributed by atoms with E-state index in [1.54, 1.807) is 0 Å². The number of esters is 2. The van der Waals surface area contributed by atoms with Gasteiger partial charge in [-0.1, -0.05) is 19.9 Å². The van der Waals surface area contributed by atoms with E-state index in [4.69, 9.17) is 9.47 Å². The predicted octanol–water partition coefficient (Wildman–Crippen LogP) is 2.08. The van der Waals surface area contributed by atoms with Gasteiger partial charge in [0.15, 0.2) is 6.26 Å². The van der Waals surface area contributed by atoms with Crippen LogP contribution in [0.25, 0.3) is 0 Å². The Bertz CT molecular complexity index is 489. The van der Waals surface area contributed by atoms with Gasteiger partial charge in [0, 0.05) is 0 Å². The van der Waals surface area contributed by atoms with E-state index in [2.05, 4.69) is 24.6 Å². The van der Waals surface area contributed by atoms with E-state index >= 15 is 0 Å². The molecule has 104 valence electrons. The first kappa shape index (κ1) is 13.7. The van der Waals surface area contributed by atoms with Crippen LogP contribution in [0.4, 0.5) is 0 Å². The van der Waals surface area contributed by atoms with E-state index in [0.29, 0.717) is 0 Å². The van der Waals surface area contributed by atoms with Gasteiger partial charge in [-0.15, -0.1) is 0 Å². The van der Waals surface area contributed by atoms with Crippen molar-refractivity contribution in [1.29, 1.82) is 0 Å². The molecule has 0 unspecified atom stereocenters. The molecule has 0 saturated heterocycles. The molecule has 2 heterocycles. The fraction of sp³-hybridized carbons (Fsp3) is 0.385. The summed E-state index contributed by atoms with van der Waals surface area (Å²) >= 11 is 0. The van der Waals surface area contributed by atoms with Crippen molar-refractivity contribution in [3.05, 3.63) is 34.7 Å². The Morgan fingerprint density at radius 3 is 2.68 bits per heavy atom. The molecule has 1 N–H and O–H groups in total. The van der Waals surface area contributed by atoms with Gasteiger partial charge in [0.25, 0.3) is 0 Å². The van der Waals surface area contributed by atoms with Crippen LogP contribution in [0.2, 0.25) is 0 Å². The Kier molecular flexibility index (Phi) is 3.99. The highest BCUT2D eigenvalue weighted by Gasteiger charge is 2.27. The highest BCUT2D eigenvalue weighted by atomic mass is 32.3. The number of allylic oxidation sites excluding steroid dienone is 2. The quantitative estimate of drug-likeness (QED) is 0.632. The molecule has 2 aliphatic rings. The van der Waals surface area contributed by atoms with Gasteiger partial charge in [-0.25, -0.2) is 0 Å². The molecule has 0 spiro atoms. The van der Waals surface area contributed by atoms with Crippen LogP contribution in [0.3, 0.4) is 0 Å². The average molecular weight is 283 g/mol. The Balaban J connectivity index is 2.13. The number of nitrogens with one attached hydrogen (secondary N) is 1. The predicted molar refractivity (Wildman–Crippen MR) is 73.9 cm³/mol. The summed E-state index contributed by atoms with van der Waals surface area (Å²) in [6, 6.07) is 0. The molecule has 0 aromatic rings. The molecule has 2 rings (SSSR count). The number of carbonyl (C=O) groups is 2. The summed E-state index contributed by atoms with van der Waals surface area (Å²) in [6.45, 7) is 4.27. The molecule has 0 amide bonds. The van der Waals surface area contributed by atoms with Crippen molar-refractivity contribution in [2.24, 2.45) is 0 Å². The first-order valence-electron chi connectivity index (χ1n) is 6.14. The second kappa shape index (κ2) is 5.52. The van der Waals surface area contributed by atoms with Crippen molar-refractivity contribution in [2.75, 3.05) is 11.5 Å². The van der Waals surface area contributed by atoms with Crippen LogP contribution in [-0.2, 0) is 19.1 Å². The number of hydrogen-bond acceptors (Lipinski definition) is 5. The molecule has 0 saturated carbocycles. The molecule has 0 fully saturated rings. The maximum Gasteiger partial charge on any atom is 0.323 e. The molecule has 6 heteroatoms. The molecule has 0 aromatic carbocycles. The minimum Gasteiger partial charge on any atom is -0.428 e. The Morgan fingerprint density at radius 1 is 1.26 bits per heavy atom. The number of carbonyl (C=O) groups excluding carboxylic acids is 2. The first-order chi connectivity index (χ1) is 9.09. The lowest BCUT2D eigenvalue weighted by atomic mass is 10.4. The lowest BCUT2D eigenvalue weighted by Crippen LogP contribution is -2.21. The van der Waals surface area contributed by atoms with Crippen LogP contribution < -0.4 is 5.32 Å². The SMILES string of the molecule is CCS1(CC)C=CC=C1NC1=COC(=O)CC(=O)O1. The van der Waals surface area contributed by atoms with E-state index in [1.165, 1.54) is 0 Å². The van der Waals surface area contributed by atoms with E-state index in [0.717, 1.165) is 22.8 Å². The molecule has 0 atom stereocenters. The molecule has 2 aliphatic heterocycles. The fourth-order valence-corrected chi connectivity index (χ4v) is 4.57. The minimum absolute atomic E-state index is 0.171. The number of cyclic esters (lactones) is 2. The number of rotatable bonds is 4. The van der Waals surface area contributed by atoms with E-state index in [1.807, 2.05) is 12.2 Å². The highest BCUT2D eigenvalue weighted by Crippen LogP contribution is 2.58. The highest BCUT2D eigenvalue weighted by molar-refractivity contribution is 8.39. The van der Waals surface area contributed by atoms with Crippen LogP contribution in [0.1, 0.15) is 20.3 Å². The Hall–Kier alpha value is -1.69. The summed E-state index contributed by atoms with van der Waals surface area (Å²) in [5.74, 6) is 0.982. The van der Waals surface area contributed by atoms with Gasteiger partial charge in [-0.3, -0.25) is 9.59 Å². The fourth-order valence-electron chi connectivity index (χ4n) is 1.97. The van der Waals surface area contributed by atoms with Crippen molar-refractivity contribution < 1.29 is 19.1 Å². The zero-order valence-corrected chi connectivity index (χ0v) is 11.8. The average Bonchev–Trinajstić information content (AvgIpc) is 2.71. The zero-order valence-electron chi connectivity index (χ0n) is 11.0. The summed E-state index contributed by atoms with van der Waals surface area (Å²) in [4.78, 5) is 22.4. The van der Waals surface area contributed by atoms with Crippen LogP contribution in [0, 0.1) is 0 Å². The van der Waals surface area contributed by atoms with E-state index < -0.39 is 22.0 Å². The van der Waals surface area contributed by atoms with Gasteiger partial charge in [0.2, 0.25) is 5.88 Å². The summed E-state index contributed by atoms with van der Waals surface area (Å²) in [6.07, 6.45) is 4.78. The molecular weight excluding hydrogens is 266 g/mol. The van der Waals surface area contributed by atoms with Gasteiger partial charge >= 0.3 is 11.9 Å². The normalized spacial score (nSPS) is 22.8. The summed E-state index contributed by atoms with van der Waals surface area (Å²) in [7, 11) is -1.02. The molecule has 0 aliphatic carbocycles. The third-order valence-corrected chi connectivity index (χ3v) is 6.96. The van der Waals surface area contributed by atoms with Crippen LogP contribution >= 0.6 is 10.0 Å². The Morgan fingerprint density at radius 2 is 2.00 bits per heavy atom. The summed E-state index contributed by atoms with van der Waals surface area (Å²) in [5.41, 5.74) is 0. The zero-order chi connectivity index (χ0) is 13.9. The maximum absolute atomic E-state index is 11.3. The largest absolute Gasteiger partial charge is 0.428 e. The Labute approximate surface area is 113 Å². The van der Waals surface area contributed by atoms with Crippen LogP contribution in [0.15, 0.2) is 34.7 Å². The lowest BCUT2D eigenvalue weighted by molar-refractivity contribution is -0.146. The minimum atomic E-state index is -1.02. The summed E-state index contributed by atoms with van der Waals surface area (Å²) in [5, 5.41) is 6.31. The smallest absolute Gasteiger partial charge is 0.323 e. The standard InChI is InChI=1S/C13H17NO4S/c1-3-19(4-2)7-5-6-11(19)14-10-9-17-12(15)8-13(16)18-10/h5-7,9,14H,3-4,8H2,1-2H3. The molecule has 0 bridgehead atoms. The number of hydrogen-bond donors (Lipinski definition) is 1. The third kappa shape index (κ3) is 2.84.